The molecule has 0 spiro atoms. The molecule has 0 bridgehead atoms. The van der Waals surface area contributed by atoms with E-state index in [1.807, 2.05) is 48.5 Å². The number of methoxy groups -OCH3 is 2. The summed E-state index contributed by atoms with van der Waals surface area (Å²) in [6.45, 7) is 4.38. The van der Waals surface area contributed by atoms with Crippen molar-refractivity contribution in [2.24, 2.45) is 11.0 Å². The highest BCUT2D eigenvalue weighted by atomic mass is 16.5. The van der Waals surface area contributed by atoms with Gasteiger partial charge in [-0.2, -0.15) is 5.10 Å². The Morgan fingerprint density at radius 1 is 0.950 bits per heavy atom. The van der Waals surface area contributed by atoms with Gasteiger partial charge in [0.05, 0.1) is 39.2 Å². The molecular formula is C31H40N4O5. The number of nitrogens with zero attached hydrogens (tertiary/aromatic N) is 4. The third kappa shape index (κ3) is 6.64. The smallest absolute Gasteiger partial charge is 0.262 e. The molecule has 1 saturated carbocycles. The fourth-order valence-electron chi connectivity index (χ4n) is 5.80. The molecule has 9 nitrogen and oxygen atoms in total. The van der Waals surface area contributed by atoms with Gasteiger partial charge in [0.15, 0.2) is 0 Å². The van der Waals surface area contributed by atoms with Gasteiger partial charge in [0.1, 0.15) is 18.0 Å². The van der Waals surface area contributed by atoms with Crippen LogP contribution in [-0.2, 0) is 14.3 Å². The Kier molecular flexibility index (Phi) is 9.34. The van der Waals surface area contributed by atoms with E-state index in [1.54, 1.807) is 24.1 Å². The van der Waals surface area contributed by atoms with Gasteiger partial charge in [0.2, 0.25) is 5.91 Å². The maximum atomic E-state index is 14.0. The zero-order valence-electron chi connectivity index (χ0n) is 23.6. The predicted octanol–water partition coefficient (Wildman–Crippen LogP) is 3.73. The lowest BCUT2D eigenvalue weighted by Gasteiger charge is -2.32. The van der Waals surface area contributed by atoms with Crippen molar-refractivity contribution < 1.29 is 23.8 Å². The molecule has 9 heteroatoms. The molecule has 2 aromatic carbocycles. The third-order valence-electron chi connectivity index (χ3n) is 8.22. The first-order valence-electron chi connectivity index (χ1n) is 14.3. The molecular weight excluding hydrogens is 508 g/mol. The van der Waals surface area contributed by atoms with E-state index in [0.717, 1.165) is 73.7 Å². The van der Waals surface area contributed by atoms with Crippen LogP contribution in [0.2, 0.25) is 0 Å². The Balaban J connectivity index is 1.37. The maximum absolute atomic E-state index is 14.0. The molecule has 0 unspecified atom stereocenters. The van der Waals surface area contributed by atoms with E-state index in [4.69, 9.17) is 19.3 Å². The largest absolute Gasteiger partial charge is 0.497 e. The first-order chi connectivity index (χ1) is 19.6. The Morgan fingerprint density at radius 2 is 1.57 bits per heavy atom. The highest BCUT2D eigenvalue weighted by molar-refractivity contribution is 6.03. The van der Waals surface area contributed by atoms with Crippen LogP contribution in [0.3, 0.4) is 0 Å². The molecule has 1 atom stereocenters. The van der Waals surface area contributed by atoms with Crippen LogP contribution in [0.1, 0.15) is 49.3 Å². The van der Waals surface area contributed by atoms with Gasteiger partial charge in [0, 0.05) is 38.5 Å². The monoisotopic (exact) mass is 548 g/mol. The lowest BCUT2D eigenvalue weighted by molar-refractivity contribution is -0.144. The summed E-state index contributed by atoms with van der Waals surface area (Å²) in [5, 5.41) is 6.43. The normalized spacial score (nSPS) is 19.9. The molecule has 1 saturated heterocycles. The van der Waals surface area contributed by atoms with E-state index in [-0.39, 0.29) is 30.3 Å². The second-order valence-corrected chi connectivity index (χ2v) is 10.7. The minimum absolute atomic E-state index is 0.00631. The minimum atomic E-state index is -0.266. The van der Waals surface area contributed by atoms with Crippen molar-refractivity contribution in [1.82, 2.24) is 14.8 Å². The van der Waals surface area contributed by atoms with Gasteiger partial charge in [-0.1, -0.05) is 25.0 Å². The summed E-state index contributed by atoms with van der Waals surface area (Å²) in [4.78, 5) is 31.6. The fourth-order valence-corrected chi connectivity index (χ4v) is 5.80. The van der Waals surface area contributed by atoms with Crippen molar-refractivity contribution in [3.63, 3.8) is 0 Å². The fraction of sp³-hybridized carbons (Fsp3) is 0.516. The molecule has 0 radical (unpaired) electrons. The van der Waals surface area contributed by atoms with Crippen LogP contribution in [-0.4, -0.2) is 92.5 Å². The summed E-state index contributed by atoms with van der Waals surface area (Å²) in [6, 6.07) is 15.2. The topological polar surface area (TPSA) is 83.9 Å². The molecule has 214 valence electrons. The van der Waals surface area contributed by atoms with Gasteiger partial charge in [0.25, 0.3) is 5.91 Å². The van der Waals surface area contributed by atoms with E-state index >= 15 is 0 Å². The molecule has 1 aliphatic carbocycles. The lowest BCUT2D eigenvalue weighted by Crippen LogP contribution is -2.47. The number of hydrazone groups is 1. The molecule has 2 heterocycles. The third-order valence-corrected chi connectivity index (χ3v) is 8.22. The lowest BCUT2D eigenvalue weighted by atomic mass is 9.98. The van der Waals surface area contributed by atoms with Crippen LogP contribution < -0.4 is 9.47 Å². The molecule has 2 fully saturated rings. The number of benzene rings is 2. The average Bonchev–Trinajstić information content (AvgIpc) is 3.71. The summed E-state index contributed by atoms with van der Waals surface area (Å²) in [5.74, 6) is 1.46. The molecule has 2 amide bonds. The van der Waals surface area contributed by atoms with Crippen LogP contribution >= 0.6 is 0 Å². The van der Waals surface area contributed by atoms with Gasteiger partial charge >= 0.3 is 0 Å². The van der Waals surface area contributed by atoms with Gasteiger partial charge in [-0.25, -0.2) is 5.01 Å². The van der Waals surface area contributed by atoms with Crippen LogP contribution in [0.4, 0.5) is 0 Å². The number of carbonyl (C=O) groups excluding carboxylic acids is 2. The van der Waals surface area contributed by atoms with Crippen LogP contribution in [0, 0.1) is 5.92 Å². The Labute approximate surface area is 236 Å². The zero-order chi connectivity index (χ0) is 27.9. The van der Waals surface area contributed by atoms with Gasteiger partial charge in [-0.3, -0.25) is 14.5 Å². The Hall–Kier alpha value is -3.43. The number of morpholine rings is 1. The highest BCUT2D eigenvalue weighted by Gasteiger charge is 2.36. The first-order valence-corrected chi connectivity index (χ1v) is 14.3. The quantitative estimate of drug-likeness (QED) is 0.450. The Bertz CT molecular complexity index is 1170. The molecule has 0 N–H and O–H groups in total. The standard InChI is InChI=1S/C31H40N4O5/c1-38-26-11-7-23(8-12-26)28-21-29(24-9-13-27(39-2)14-10-24)35(32-28)30(36)22-34(31(37)25-5-3-4-6-25)16-15-33-17-19-40-20-18-33/h7-14,25,29H,3-6,15-22H2,1-2H3/t29-/m1/s1. The van der Waals surface area contributed by atoms with Gasteiger partial charge in [-0.15, -0.1) is 0 Å². The predicted molar refractivity (Wildman–Crippen MR) is 153 cm³/mol. The number of hydrogen-bond acceptors (Lipinski definition) is 7. The summed E-state index contributed by atoms with van der Waals surface area (Å²) in [6.07, 6.45) is 4.53. The molecule has 0 aromatic heterocycles. The van der Waals surface area contributed by atoms with Gasteiger partial charge in [-0.05, 0) is 60.4 Å². The summed E-state index contributed by atoms with van der Waals surface area (Å²) >= 11 is 0. The van der Waals surface area contributed by atoms with Crippen LogP contribution in [0.5, 0.6) is 11.5 Å². The highest BCUT2D eigenvalue weighted by Crippen LogP contribution is 2.34. The van der Waals surface area contributed by atoms with Crippen molar-refractivity contribution in [3.8, 4) is 11.5 Å². The van der Waals surface area contributed by atoms with Crippen LogP contribution in [0.25, 0.3) is 0 Å². The number of carbonyl (C=O) groups is 2. The van der Waals surface area contributed by atoms with Crippen molar-refractivity contribution in [3.05, 3.63) is 59.7 Å². The summed E-state index contributed by atoms with van der Waals surface area (Å²) in [5.41, 5.74) is 2.75. The van der Waals surface area contributed by atoms with E-state index in [1.165, 1.54) is 0 Å². The maximum Gasteiger partial charge on any atom is 0.262 e. The average molecular weight is 549 g/mol. The van der Waals surface area contributed by atoms with Gasteiger partial charge < -0.3 is 19.1 Å². The first kappa shape index (κ1) is 28.1. The van der Waals surface area contributed by atoms with Crippen LogP contribution in [0.15, 0.2) is 53.6 Å². The van der Waals surface area contributed by atoms with E-state index in [9.17, 15) is 9.59 Å². The second-order valence-electron chi connectivity index (χ2n) is 10.7. The van der Waals surface area contributed by atoms with E-state index in [0.29, 0.717) is 26.2 Å². The SMILES string of the molecule is COc1ccc(C2=NN(C(=O)CN(CCN3CCOCC3)C(=O)C3CCCC3)[C@@H](c3ccc(OC)cc3)C2)cc1. The minimum Gasteiger partial charge on any atom is -0.497 e. The number of hydrogen-bond donors (Lipinski definition) is 0. The molecule has 5 rings (SSSR count). The molecule has 2 aliphatic heterocycles. The summed E-state index contributed by atoms with van der Waals surface area (Å²) in [7, 11) is 3.28. The zero-order valence-corrected chi connectivity index (χ0v) is 23.6. The second kappa shape index (κ2) is 13.3. The molecule has 2 aromatic rings. The number of amides is 2. The number of ether oxygens (including phenoxy) is 3. The van der Waals surface area contributed by atoms with Crippen molar-refractivity contribution >= 4 is 17.5 Å². The van der Waals surface area contributed by atoms with E-state index in [2.05, 4.69) is 4.90 Å². The van der Waals surface area contributed by atoms with E-state index < -0.39 is 0 Å². The summed E-state index contributed by atoms with van der Waals surface area (Å²) < 4.78 is 16.1. The molecule has 3 aliphatic rings. The van der Waals surface area contributed by atoms with Crippen molar-refractivity contribution in [2.45, 2.75) is 38.1 Å². The molecule has 40 heavy (non-hydrogen) atoms. The van der Waals surface area contributed by atoms with Crippen molar-refractivity contribution in [2.75, 3.05) is 60.2 Å². The Morgan fingerprint density at radius 3 is 2.20 bits per heavy atom. The van der Waals surface area contributed by atoms with Crippen molar-refractivity contribution in [1.29, 1.82) is 0 Å². The number of rotatable bonds is 10.